The molecule has 0 bridgehead atoms. The Balaban J connectivity index is 0.00000169. The highest BCUT2D eigenvalue weighted by molar-refractivity contribution is 9.10. The van der Waals surface area contributed by atoms with Crippen LogP contribution >= 0.6 is 28.3 Å². The maximum atomic E-state index is 12.9. The van der Waals surface area contributed by atoms with Crippen LogP contribution in [0.1, 0.15) is 11.6 Å². The Bertz CT molecular complexity index is 346. The summed E-state index contributed by atoms with van der Waals surface area (Å²) in [7, 11) is 0. The number of halogens is 3. The van der Waals surface area contributed by atoms with Crippen molar-refractivity contribution in [2.24, 2.45) is 5.73 Å². The van der Waals surface area contributed by atoms with Gasteiger partial charge < -0.3 is 10.8 Å². The van der Waals surface area contributed by atoms with E-state index in [4.69, 9.17) is 5.73 Å². The van der Waals surface area contributed by atoms with E-state index in [-0.39, 0.29) is 18.2 Å². The SMILES string of the molecule is C=C[C@H](N)c1cc(F)cc(Br)c1O.Cl. The molecule has 1 aromatic rings. The van der Waals surface area contributed by atoms with E-state index in [0.717, 1.165) is 0 Å². The first kappa shape index (κ1) is 13.4. The Labute approximate surface area is 96.2 Å². The van der Waals surface area contributed by atoms with E-state index in [2.05, 4.69) is 22.5 Å². The van der Waals surface area contributed by atoms with Gasteiger partial charge in [0, 0.05) is 5.56 Å². The zero-order chi connectivity index (χ0) is 10.0. The largest absolute Gasteiger partial charge is 0.506 e. The molecule has 0 saturated heterocycles. The molecule has 0 spiro atoms. The van der Waals surface area contributed by atoms with Gasteiger partial charge in [0.15, 0.2) is 0 Å². The molecule has 0 aliphatic heterocycles. The van der Waals surface area contributed by atoms with Crippen molar-refractivity contribution in [2.45, 2.75) is 6.04 Å². The summed E-state index contributed by atoms with van der Waals surface area (Å²) < 4.78 is 13.2. The fourth-order valence-electron chi connectivity index (χ4n) is 0.967. The lowest BCUT2D eigenvalue weighted by molar-refractivity contribution is 0.459. The number of phenols is 1. The first-order valence-electron chi connectivity index (χ1n) is 3.62. The van der Waals surface area contributed by atoms with Gasteiger partial charge in [0.25, 0.3) is 0 Å². The lowest BCUT2D eigenvalue weighted by Gasteiger charge is -2.10. The summed E-state index contributed by atoms with van der Waals surface area (Å²) in [6.45, 7) is 3.46. The quantitative estimate of drug-likeness (QED) is 0.819. The van der Waals surface area contributed by atoms with Crippen molar-refractivity contribution >= 4 is 28.3 Å². The van der Waals surface area contributed by atoms with Gasteiger partial charge in [-0.2, -0.15) is 0 Å². The van der Waals surface area contributed by atoms with E-state index < -0.39 is 11.9 Å². The van der Waals surface area contributed by atoms with Crippen molar-refractivity contribution in [3.63, 3.8) is 0 Å². The number of rotatable bonds is 2. The molecule has 5 heteroatoms. The van der Waals surface area contributed by atoms with Gasteiger partial charge in [-0.25, -0.2) is 4.39 Å². The first-order valence-corrected chi connectivity index (χ1v) is 4.41. The molecule has 1 rings (SSSR count). The standard InChI is InChI=1S/C9H9BrFNO.ClH/c1-2-8(12)6-3-5(11)4-7(10)9(6)13;/h2-4,8,13H,1,12H2;1H/t8-;/m0./s1. The third-order valence-corrected chi connectivity index (χ3v) is 2.28. The van der Waals surface area contributed by atoms with Gasteiger partial charge in [-0.15, -0.1) is 19.0 Å². The van der Waals surface area contributed by atoms with Crippen LogP contribution in [-0.2, 0) is 0 Å². The average molecular weight is 283 g/mol. The van der Waals surface area contributed by atoms with Gasteiger partial charge in [-0.3, -0.25) is 0 Å². The van der Waals surface area contributed by atoms with Crippen molar-refractivity contribution in [1.82, 2.24) is 0 Å². The third-order valence-electron chi connectivity index (χ3n) is 1.67. The van der Waals surface area contributed by atoms with Crippen LogP contribution in [0.25, 0.3) is 0 Å². The molecule has 14 heavy (non-hydrogen) atoms. The van der Waals surface area contributed by atoms with E-state index in [1.807, 2.05) is 0 Å². The number of nitrogens with two attached hydrogens (primary N) is 1. The van der Waals surface area contributed by atoms with Gasteiger partial charge in [0.1, 0.15) is 11.6 Å². The molecule has 1 atom stereocenters. The van der Waals surface area contributed by atoms with Crippen LogP contribution in [0.15, 0.2) is 29.3 Å². The van der Waals surface area contributed by atoms with Crippen LogP contribution in [0, 0.1) is 5.82 Å². The van der Waals surface area contributed by atoms with Crippen LogP contribution in [0.5, 0.6) is 5.75 Å². The van der Waals surface area contributed by atoms with Gasteiger partial charge >= 0.3 is 0 Å². The normalized spacial score (nSPS) is 11.6. The second-order valence-electron chi connectivity index (χ2n) is 2.59. The molecule has 0 fully saturated rings. The molecule has 0 amide bonds. The summed E-state index contributed by atoms with van der Waals surface area (Å²) in [6, 6.07) is 1.80. The number of hydrogen-bond donors (Lipinski definition) is 2. The van der Waals surface area contributed by atoms with Crippen molar-refractivity contribution in [3.05, 3.63) is 40.6 Å². The summed E-state index contributed by atoms with van der Waals surface area (Å²) in [5, 5.41) is 9.48. The van der Waals surface area contributed by atoms with Crippen molar-refractivity contribution in [3.8, 4) is 5.75 Å². The lowest BCUT2D eigenvalue weighted by atomic mass is 10.1. The van der Waals surface area contributed by atoms with E-state index >= 15 is 0 Å². The lowest BCUT2D eigenvalue weighted by Crippen LogP contribution is -2.07. The Morgan fingerprint density at radius 3 is 2.64 bits per heavy atom. The Hall–Kier alpha value is -0.580. The summed E-state index contributed by atoms with van der Waals surface area (Å²) >= 11 is 3.01. The molecule has 0 saturated carbocycles. The maximum absolute atomic E-state index is 12.9. The van der Waals surface area contributed by atoms with E-state index in [9.17, 15) is 9.50 Å². The fourth-order valence-corrected chi connectivity index (χ4v) is 1.41. The zero-order valence-corrected chi connectivity index (χ0v) is 9.61. The molecule has 78 valence electrons. The van der Waals surface area contributed by atoms with E-state index in [1.54, 1.807) is 0 Å². The Kier molecular flexibility index (Phi) is 5.12. The highest BCUT2D eigenvalue weighted by Crippen LogP contribution is 2.32. The minimum atomic E-state index is -0.563. The molecule has 0 aliphatic rings. The van der Waals surface area contributed by atoms with E-state index in [0.29, 0.717) is 10.0 Å². The van der Waals surface area contributed by atoms with Crippen molar-refractivity contribution in [1.29, 1.82) is 0 Å². The zero-order valence-electron chi connectivity index (χ0n) is 7.21. The molecule has 0 aromatic heterocycles. The summed E-state index contributed by atoms with van der Waals surface area (Å²) in [4.78, 5) is 0. The molecule has 2 nitrogen and oxygen atoms in total. The van der Waals surface area contributed by atoms with Gasteiger partial charge in [-0.1, -0.05) is 6.08 Å². The van der Waals surface area contributed by atoms with Gasteiger partial charge in [-0.05, 0) is 28.1 Å². The Morgan fingerprint density at radius 2 is 2.14 bits per heavy atom. The summed E-state index contributed by atoms with van der Waals surface area (Å²) in [5.74, 6) is -0.495. The van der Waals surface area contributed by atoms with Crippen molar-refractivity contribution in [2.75, 3.05) is 0 Å². The second kappa shape index (κ2) is 5.34. The van der Waals surface area contributed by atoms with Crippen LogP contribution in [0.2, 0.25) is 0 Å². The molecule has 0 heterocycles. The number of hydrogen-bond acceptors (Lipinski definition) is 2. The molecule has 0 radical (unpaired) electrons. The minimum absolute atomic E-state index is 0. The summed E-state index contributed by atoms with van der Waals surface area (Å²) in [5.41, 5.74) is 5.89. The number of phenolic OH excluding ortho intramolecular Hbond substituents is 1. The van der Waals surface area contributed by atoms with Crippen LogP contribution in [0.3, 0.4) is 0 Å². The van der Waals surface area contributed by atoms with Crippen LogP contribution in [-0.4, -0.2) is 5.11 Å². The number of aromatic hydroxyl groups is 1. The summed E-state index contributed by atoms with van der Waals surface area (Å²) in [6.07, 6.45) is 1.43. The van der Waals surface area contributed by atoms with E-state index in [1.165, 1.54) is 18.2 Å². The second-order valence-corrected chi connectivity index (χ2v) is 3.44. The molecular weight excluding hydrogens is 272 g/mol. The fraction of sp³-hybridized carbons (Fsp3) is 0.111. The van der Waals surface area contributed by atoms with Crippen LogP contribution < -0.4 is 5.73 Å². The monoisotopic (exact) mass is 281 g/mol. The maximum Gasteiger partial charge on any atom is 0.135 e. The minimum Gasteiger partial charge on any atom is -0.506 e. The molecule has 0 unspecified atom stereocenters. The molecule has 3 N–H and O–H groups in total. The molecular formula is C9H10BrClFNO. The first-order chi connectivity index (χ1) is 6.06. The highest BCUT2D eigenvalue weighted by Gasteiger charge is 2.12. The molecule has 0 aliphatic carbocycles. The third kappa shape index (κ3) is 2.70. The average Bonchev–Trinajstić information content (AvgIpc) is 2.10. The van der Waals surface area contributed by atoms with Crippen LogP contribution in [0.4, 0.5) is 4.39 Å². The van der Waals surface area contributed by atoms with Gasteiger partial charge in [0.05, 0.1) is 10.5 Å². The molecule has 1 aromatic carbocycles. The van der Waals surface area contributed by atoms with Crippen molar-refractivity contribution < 1.29 is 9.50 Å². The predicted molar refractivity (Wildman–Crippen MR) is 60.1 cm³/mol. The Morgan fingerprint density at radius 1 is 1.57 bits per heavy atom. The number of benzene rings is 1. The topological polar surface area (TPSA) is 46.2 Å². The predicted octanol–water partition coefficient (Wildman–Crippen LogP) is 2.90. The smallest absolute Gasteiger partial charge is 0.135 e. The highest BCUT2D eigenvalue weighted by atomic mass is 79.9. The van der Waals surface area contributed by atoms with Gasteiger partial charge in [0.2, 0.25) is 0 Å².